The van der Waals surface area contributed by atoms with E-state index in [9.17, 15) is 39.9 Å². The zero-order valence-corrected chi connectivity index (χ0v) is 22.0. The van der Waals surface area contributed by atoms with E-state index in [1.54, 1.807) is 19.1 Å². The number of likely N-dealkylation sites (N-methyl/N-ethyl adjacent to an activating group) is 1. The minimum absolute atomic E-state index is 0.0886. The maximum Gasteiger partial charge on any atom is 0.255 e. The van der Waals surface area contributed by atoms with E-state index in [4.69, 9.17) is 5.73 Å². The summed E-state index contributed by atoms with van der Waals surface area (Å²) >= 11 is 0. The lowest BCUT2D eigenvalue weighted by molar-refractivity contribution is -0.162. The Hall–Kier alpha value is -3.25. The van der Waals surface area contributed by atoms with Gasteiger partial charge in [0.15, 0.2) is 11.4 Å². The predicted molar refractivity (Wildman–Crippen MR) is 136 cm³/mol. The van der Waals surface area contributed by atoms with E-state index in [1.165, 1.54) is 19.0 Å². The van der Waals surface area contributed by atoms with Gasteiger partial charge in [0.25, 0.3) is 5.91 Å². The standard InChI is InChI=1S/C27H35N3O8/c1-10(2)8-29-9-12-6-7-13-11(3)14-16(21(32)15(13)20(12)31)24(35)27(38)18(22(14)33)19(30(4)5)23(34)17(25(27)36)26(28)37/h6-7,10-11,14,18-19,22,29,31,33-35,38H,8-9H2,1-5H3,(H2,28,37)/t11-,14+,18+,19-,22-,27-/m1/s1. The monoisotopic (exact) mass is 529 g/mol. The molecule has 0 aliphatic heterocycles. The number of fused-ring (bicyclic) bond motifs is 3. The second-order valence-corrected chi connectivity index (χ2v) is 11.1. The van der Waals surface area contributed by atoms with Crippen LogP contribution in [0.25, 0.3) is 0 Å². The number of amides is 1. The number of hydrogen-bond donors (Lipinski definition) is 7. The Morgan fingerprint density at radius 2 is 1.82 bits per heavy atom. The summed E-state index contributed by atoms with van der Waals surface area (Å²) in [6.45, 7) is 6.70. The SMILES string of the molecule is CC(C)CNCc1ccc2c(c1O)C(=O)C1=C(O)[C@@]3(O)C(=O)C(C(N)=O)=C(O)[C@H](N(C)C)[C@H]3[C@H](O)[C@H]1[C@@H]2C. The molecule has 206 valence electrons. The zero-order chi connectivity index (χ0) is 28.4. The molecule has 0 radical (unpaired) electrons. The number of nitrogens with one attached hydrogen (secondary N) is 1. The van der Waals surface area contributed by atoms with Gasteiger partial charge in [-0.15, -0.1) is 0 Å². The number of aromatic hydroxyl groups is 1. The van der Waals surface area contributed by atoms with Gasteiger partial charge >= 0.3 is 0 Å². The van der Waals surface area contributed by atoms with E-state index in [2.05, 4.69) is 5.32 Å². The van der Waals surface area contributed by atoms with Crippen molar-refractivity contribution in [2.75, 3.05) is 20.6 Å². The Morgan fingerprint density at radius 1 is 1.18 bits per heavy atom. The highest BCUT2D eigenvalue weighted by Crippen LogP contribution is 2.55. The number of nitrogens with zero attached hydrogens (tertiary/aromatic N) is 1. The summed E-state index contributed by atoms with van der Waals surface area (Å²) in [4.78, 5) is 40.7. The fraction of sp³-hybridized carbons (Fsp3) is 0.519. The van der Waals surface area contributed by atoms with E-state index in [1.807, 2.05) is 13.8 Å². The molecule has 1 aromatic carbocycles. The normalized spacial score (nSPS) is 31.0. The molecule has 0 saturated heterocycles. The average Bonchev–Trinajstić information content (AvgIpc) is 2.82. The van der Waals surface area contributed by atoms with Crippen LogP contribution in [0.2, 0.25) is 0 Å². The highest BCUT2D eigenvalue weighted by Gasteiger charge is 2.67. The summed E-state index contributed by atoms with van der Waals surface area (Å²) in [5, 5.41) is 59.8. The first-order valence-corrected chi connectivity index (χ1v) is 12.6. The maximum atomic E-state index is 13.8. The second kappa shape index (κ2) is 9.49. The summed E-state index contributed by atoms with van der Waals surface area (Å²) in [7, 11) is 2.99. The number of ketones is 2. The van der Waals surface area contributed by atoms with Crippen LogP contribution in [-0.2, 0) is 16.1 Å². The number of rotatable bonds is 6. The van der Waals surface area contributed by atoms with Crippen molar-refractivity contribution in [2.24, 2.45) is 23.5 Å². The van der Waals surface area contributed by atoms with Crippen molar-refractivity contribution >= 4 is 17.5 Å². The maximum absolute atomic E-state index is 13.8. The largest absolute Gasteiger partial charge is 0.510 e. The Kier molecular flexibility index (Phi) is 6.94. The van der Waals surface area contributed by atoms with Crippen LogP contribution in [0.5, 0.6) is 5.75 Å². The number of carbonyl (C=O) groups excluding carboxylic acids is 3. The van der Waals surface area contributed by atoms with Crippen molar-refractivity contribution in [3.05, 3.63) is 51.5 Å². The lowest BCUT2D eigenvalue weighted by atomic mass is 9.55. The summed E-state index contributed by atoms with van der Waals surface area (Å²) < 4.78 is 0. The van der Waals surface area contributed by atoms with Gasteiger partial charge in [-0.3, -0.25) is 19.3 Å². The number of benzene rings is 1. The molecule has 38 heavy (non-hydrogen) atoms. The molecule has 8 N–H and O–H groups in total. The molecular weight excluding hydrogens is 494 g/mol. The minimum atomic E-state index is -2.92. The first-order chi connectivity index (χ1) is 17.7. The summed E-state index contributed by atoms with van der Waals surface area (Å²) in [6, 6.07) is 2.08. The first-order valence-electron chi connectivity index (χ1n) is 12.6. The van der Waals surface area contributed by atoms with Crippen molar-refractivity contribution in [3.8, 4) is 5.75 Å². The van der Waals surface area contributed by atoms with Crippen LogP contribution in [0.1, 0.15) is 48.2 Å². The molecule has 3 aliphatic rings. The van der Waals surface area contributed by atoms with Gasteiger partial charge in [0.2, 0.25) is 5.78 Å². The number of hydrogen-bond acceptors (Lipinski definition) is 10. The fourth-order valence-electron chi connectivity index (χ4n) is 6.30. The van der Waals surface area contributed by atoms with Crippen LogP contribution < -0.4 is 11.1 Å². The van der Waals surface area contributed by atoms with Crippen LogP contribution in [0.4, 0.5) is 0 Å². The molecule has 11 nitrogen and oxygen atoms in total. The number of Topliss-reactive ketones (excluding diaryl/α,β-unsaturated/α-hetero) is 2. The Bertz CT molecular complexity index is 1280. The first kappa shape index (κ1) is 27.8. The van der Waals surface area contributed by atoms with Gasteiger partial charge < -0.3 is 36.6 Å². The fourth-order valence-corrected chi connectivity index (χ4v) is 6.30. The predicted octanol–water partition coefficient (Wildman–Crippen LogP) is 0.398. The third kappa shape index (κ3) is 3.76. The van der Waals surface area contributed by atoms with Gasteiger partial charge in [0.1, 0.15) is 22.8 Å². The number of primary amides is 1. The van der Waals surface area contributed by atoms with Crippen molar-refractivity contribution in [1.29, 1.82) is 0 Å². The van der Waals surface area contributed by atoms with Crippen LogP contribution in [0, 0.1) is 17.8 Å². The Morgan fingerprint density at radius 3 is 2.37 bits per heavy atom. The van der Waals surface area contributed by atoms with Gasteiger partial charge in [0, 0.05) is 23.6 Å². The molecule has 11 heteroatoms. The molecule has 0 aromatic heterocycles. The molecule has 0 fully saturated rings. The molecule has 3 aliphatic carbocycles. The molecule has 0 heterocycles. The Labute approximate surface area is 220 Å². The molecule has 1 amide bonds. The lowest BCUT2D eigenvalue weighted by Crippen LogP contribution is -2.68. The van der Waals surface area contributed by atoms with Gasteiger partial charge in [0.05, 0.1) is 23.6 Å². The lowest BCUT2D eigenvalue weighted by Gasteiger charge is -2.53. The highest BCUT2D eigenvalue weighted by atomic mass is 16.4. The van der Waals surface area contributed by atoms with Crippen LogP contribution >= 0.6 is 0 Å². The van der Waals surface area contributed by atoms with Crippen LogP contribution in [0.3, 0.4) is 0 Å². The van der Waals surface area contributed by atoms with E-state index in [-0.39, 0.29) is 17.9 Å². The number of carbonyl (C=O) groups is 3. The van der Waals surface area contributed by atoms with Crippen LogP contribution in [-0.4, -0.2) is 86.3 Å². The highest BCUT2D eigenvalue weighted by molar-refractivity contribution is 6.25. The van der Waals surface area contributed by atoms with E-state index < -0.39 is 75.6 Å². The van der Waals surface area contributed by atoms with E-state index in [0.717, 1.165) is 0 Å². The topological polar surface area (TPSA) is 194 Å². The van der Waals surface area contributed by atoms with Crippen LogP contribution in [0.15, 0.2) is 34.8 Å². The summed E-state index contributed by atoms with van der Waals surface area (Å²) in [5.74, 6) is -8.53. The smallest absolute Gasteiger partial charge is 0.255 e. The number of phenols is 1. The van der Waals surface area contributed by atoms with Gasteiger partial charge in [-0.05, 0) is 38.0 Å². The van der Waals surface area contributed by atoms with Crippen molar-refractivity contribution in [2.45, 2.75) is 51.0 Å². The van der Waals surface area contributed by atoms with E-state index in [0.29, 0.717) is 23.6 Å². The number of nitrogens with two attached hydrogens (primary N) is 1. The zero-order valence-electron chi connectivity index (χ0n) is 22.0. The number of phenolic OH excluding ortho intramolecular Hbond substituents is 1. The van der Waals surface area contributed by atoms with Gasteiger partial charge in [-0.25, -0.2) is 0 Å². The van der Waals surface area contributed by atoms with Crippen molar-refractivity contribution in [1.82, 2.24) is 10.2 Å². The van der Waals surface area contributed by atoms with Gasteiger partial charge in [-0.1, -0.05) is 32.9 Å². The van der Waals surface area contributed by atoms with Gasteiger partial charge in [-0.2, -0.15) is 0 Å². The third-order valence-electron chi connectivity index (χ3n) is 8.08. The molecule has 0 spiro atoms. The quantitative estimate of drug-likeness (QED) is 0.254. The molecule has 0 bridgehead atoms. The second-order valence-electron chi connectivity index (χ2n) is 11.1. The number of aliphatic hydroxyl groups excluding tert-OH is 3. The molecule has 6 atom stereocenters. The molecule has 0 unspecified atom stereocenters. The van der Waals surface area contributed by atoms with Crippen molar-refractivity contribution < 1.29 is 39.9 Å². The summed E-state index contributed by atoms with van der Waals surface area (Å²) in [6.07, 6.45) is -1.61. The average molecular weight is 530 g/mol. The molecular formula is C27H35N3O8. The molecule has 0 saturated carbocycles. The summed E-state index contributed by atoms with van der Waals surface area (Å²) in [5.41, 5.74) is 1.87. The molecule has 4 rings (SSSR count). The van der Waals surface area contributed by atoms with Crippen molar-refractivity contribution in [3.63, 3.8) is 0 Å². The Balaban J connectivity index is 1.93. The molecule has 1 aromatic rings. The minimum Gasteiger partial charge on any atom is -0.510 e. The third-order valence-corrected chi connectivity index (χ3v) is 8.08. The number of aliphatic hydroxyl groups is 4. The van der Waals surface area contributed by atoms with E-state index >= 15 is 0 Å².